The minimum Gasteiger partial charge on any atom is -0.426 e. The zero-order chi connectivity index (χ0) is 20.5. The van der Waals surface area contributed by atoms with Crippen molar-refractivity contribution in [1.29, 1.82) is 0 Å². The van der Waals surface area contributed by atoms with Gasteiger partial charge in [-0.25, -0.2) is 0 Å². The van der Waals surface area contributed by atoms with Gasteiger partial charge in [0, 0.05) is 11.3 Å². The van der Waals surface area contributed by atoms with Gasteiger partial charge in [-0.15, -0.1) is 11.3 Å². The Morgan fingerprint density at radius 1 is 1.07 bits per heavy atom. The molecule has 2 aromatic rings. The SMILES string of the molecule is CC(C)C[C@H](NC(=O)[C@H](Cc1ccccc1)NC(=O)Cc1cccs1)B(O)O. The van der Waals surface area contributed by atoms with Crippen LogP contribution in [0.3, 0.4) is 0 Å². The Hall–Kier alpha value is -2.16. The summed E-state index contributed by atoms with van der Waals surface area (Å²) in [5, 5.41) is 26.6. The minimum absolute atomic E-state index is 0.174. The van der Waals surface area contributed by atoms with Gasteiger partial charge in [0.25, 0.3) is 0 Å². The molecule has 0 saturated heterocycles. The Bertz CT molecular complexity index is 738. The van der Waals surface area contributed by atoms with E-state index in [-0.39, 0.29) is 18.2 Å². The summed E-state index contributed by atoms with van der Waals surface area (Å²) >= 11 is 1.48. The summed E-state index contributed by atoms with van der Waals surface area (Å²) in [6, 6.07) is 12.3. The van der Waals surface area contributed by atoms with E-state index in [1.165, 1.54) is 11.3 Å². The quantitative estimate of drug-likeness (QED) is 0.454. The number of thiophene rings is 1. The van der Waals surface area contributed by atoms with Crippen LogP contribution in [0.15, 0.2) is 47.8 Å². The van der Waals surface area contributed by atoms with E-state index in [0.29, 0.717) is 12.8 Å². The van der Waals surface area contributed by atoms with Crippen LogP contribution in [0.5, 0.6) is 0 Å². The lowest BCUT2D eigenvalue weighted by molar-refractivity contribution is -0.129. The van der Waals surface area contributed by atoms with Crippen molar-refractivity contribution >= 4 is 30.3 Å². The highest BCUT2D eigenvalue weighted by atomic mass is 32.1. The number of benzene rings is 1. The van der Waals surface area contributed by atoms with Gasteiger partial charge in [-0.1, -0.05) is 50.2 Å². The standard InChI is InChI=1S/C20H27BN2O4S/c1-14(2)11-18(21(26)27)23-20(25)17(12-15-7-4-3-5-8-15)22-19(24)13-16-9-6-10-28-16/h3-10,14,17-18,26-27H,11-13H2,1-2H3,(H,22,24)(H,23,25)/t17-,18-/m0/s1. The van der Waals surface area contributed by atoms with Crippen LogP contribution in [0.1, 0.15) is 30.7 Å². The van der Waals surface area contributed by atoms with Gasteiger partial charge >= 0.3 is 7.12 Å². The van der Waals surface area contributed by atoms with Crippen molar-refractivity contribution in [3.8, 4) is 0 Å². The van der Waals surface area contributed by atoms with E-state index in [1.807, 2.05) is 61.7 Å². The summed E-state index contributed by atoms with van der Waals surface area (Å²) in [5.74, 6) is -1.29. The number of carbonyl (C=O) groups is 2. The lowest BCUT2D eigenvalue weighted by Crippen LogP contribution is -2.55. The Morgan fingerprint density at radius 2 is 1.79 bits per heavy atom. The highest BCUT2D eigenvalue weighted by Gasteiger charge is 2.30. The molecule has 0 aliphatic heterocycles. The molecule has 0 spiro atoms. The first-order valence-electron chi connectivity index (χ1n) is 9.37. The third kappa shape index (κ3) is 7.46. The third-order valence-electron chi connectivity index (χ3n) is 4.26. The lowest BCUT2D eigenvalue weighted by atomic mass is 9.75. The molecule has 0 aliphatic carbocycles. The van der Waals surface area contributed by atoms with Crippen LogP contribution in [0.4, 0.5) is 0 Å². The zero-order valence-electron chi connectivity index (χ0n) is 16.2. The Labute approximate surface area is 170 Å². The molecule has 1 aromatic heterocycles. The van der Waals surface area contributed by atoms with Crippen LogP contribution in [0, 0.1) is 5.92 Å². The van der Waals surface area contributed by atoms with Gasteiger partial charge in [0.2, 0.25) is 11.8 Å². The zero-order valence-corrected chi connectivity index (χ0v) is 17.0. The van der Waals surface area contributed by atoms with Crippen LogP contribution in [0.2, 0.25) is 0 Å². The first kappa shape index (κ1) is 22.1. The first-order valence-corrected chi connectivity index (χ1v) is 10.2. The van der Waals surface area contributed by atoms with Crippen molar-refractivity contribution in [3.05, 3.63) is 58.3 Å². The van der Waals surface area contributed by atoms with Gasteiger partial charge in [-0.3, -0.25) is 9.59 Å². The monoisotopic (exact) mass is 402 g/mol. The second kappa shape index (κ2) is 11.0. The van der Waals surface area contributed by atoms with E-state index in [0.717, 1.165) is 10.4 Å². The normalized spacial score (nSPS) is 13.0. The lowest BCUT2D eigenvalue weighted by Gasteiger charge is -2.24. The highest BCUT2D eigenvalue weighted by Crippen LogP contribution is 2.11. The molecule has 0 radical (unpaired) electrons. The van der Waals surface area contributed by atoms with Crippen LogP contribution >= 0.6 is 11.3 Å². The van der Waals surface area contributed by atoms with Crippen LogP contribution in [-0.2, 0) is 22.4 Å². The minimum atomic E-state index is -1.66. The maximum absolute atomic E-state index is 12.8. The molecule has 0 fully saturated rings. The first-order chi connectivity index (χ1) is 13.3. The molecule has 0 saturated carbocycles. The number of hydrogen-bond acceptors (Lipinski definition) is 5. The average Bonchev–Trinajstić information content (AvgIpc) is 3.13. The maximum atomic E-state index is 12.8. The molecule has 0 unspecified atom stereocenters. The number of hydrogen-bond donors (Lipinski definition) is 4. The predicted octanol–water partition coefficient (Wildman–Crippen LogP) is 1.56. The Kier molecular flexibility index (Phi) is 8.69. The molecule has 6 nitrogen and oxygen atoms in total. The van der Waals surface area contributed by atoms with Crippen molar-refractivity contribution in [2.45, 2.75) is 45.1 Å². The molecular formula is C20H27BN2O4S. The van der Waals surface area contributed by atoms with Gasteiger partial charge in [0.05, 0.1) is 12.4 Å². The fraction of sp³-hybridized carbons (Fsp3) is 0.400. The summed E-state index contributed by atoms with van der Waals surface area (Å²) in [7, 11) is -1.66. The average molecular weight is 402 g/mol. The Balaban J connectivity index is 2.09. The molecule has 2 amide bonds. The molecule has 8 heteroatoms. The van der Waals surface area contributed by atoms with Gasteiger partial charge in [0.1, 0.15) is 6.04 Å². The topological polar surface area (TPSA) is 98.7 Å². The van der Waals surface area contributed by atoms with Crippen LogP contribution in [0.25, 0.3) is 0 Å². The molecule has 0 bridgehead atoms. The largest absolute Gasteiger partial charge is 0.475 e. The summed E-state index contributed by atoms with van der Waals surface area (Å²) in [5.41, 5.74) is 0.907. The van der Waals surface area contributed by atoms with Crippen molar-refractivity contribution in [2.75, 3.05) is 0 Å². The molecule has 0 aliphatic rings. The second-order valence-corrected chi connectivity index (χ2v) is 8.26. The van der Waals surface area contributed by atoms with Gasteiger partial charge in [-0.05, 0) is 29.3 Å². The maximum Gasteiger partial charge on any atom is 0.475 e. The van der Waals surface area contributed by atoms with E-state index < -0.39 is 25.0 Å². The second-order valence-electron chi connectivity index (χ2n) is 7.22. The van der Waals surface area contributed by atoms with Crippen molar-refractivity contribution in [2.24, 2.45) is 5.92 Å². The number of rotatable bonds is 10. The molecule has 28 heavy (non-hydrogen) atoms. The summed E-state index contributed by atoms with van der Waals surface area (Å²) < 4.78 is 0. The third-order valence-corrected chi connectivity index (χ3v) is 5.14. The summed E-state index contributed by atoms with van der Waals surface area (Å²) in [6.45, 7) is 3.87. The van der Waals surface area contributed by atoms with E-state index >= 15 is 0 Å². The molecule has 2 rings (SSSR count). The smallest absolute Gasteiger partial charge is 0.426 e. The predicted molar refractivity (Wildman–Crippen MR) is 112 cm³/mol. The van der Waals surface area contributed by atoms with Gasteiger partial charge in [-0.2, -0.15) is 0 Å². The highest BCUT2D eigenvalue weighted by molar-refractivity contribution is 7.10. The molecule has 4 N–H and O–H groups in total. The number of amides is 2. The van der Waals surface area contributed by atoms with E-state index in [1.54, 1.807) is 0 Å². The molecule has 1 heterocycles. The Morgan fingerprint density at radius 3 is 2.36 bits per heavy atom. The number of carbonyl (C=O) groups excluding carboxylic acids is 2. The van der Waals surface area contributed by atoms with E-state index in [4.69, 9.17) is 0 Å². The van der Waals surface area contributed by atoms with Crippen LogP contribution < -0.4 is 10.6 Å². The molecule has 1 aromatic carbocycles. The summed E-state index contributed by atoms with van der Waals surface area (Å²) in [6.07, 6.45) is 0.942. The molecular weight excluding hydrogens is 375 g/mol. The molecule has 150 valence electrons. The van der Waals surface area contributed by atoms with Crippen molar-refractivity contribution in [1.82, 2.24) is 10.6 Å². The van der Waals surface area contributed by atoms with Gasteiger partial charge in [0.15, 0.2) is 0 Å². The fourth-order valence-corrected chi connectivity index (χ4v) is 3.63. The van der Waals surface area contributed by atoms with Gasteiger partial charge < -0.3 is 20.7 Å². The fourth-order valence-electron chi connectivity index (χ4n) is 2.92. The molecule has 2 atom stereocenters. The van der Waals surface area contributed by atoms with E-state index in [9.17, 15) is 19.6 Å². The van der Waals surface area contributed by atoms with Crippen LogP contribution in [-0.4, -0.2) is 41.0 Å². The summed E-state index contributed by atoms with van der Waals surface area (Å²) in [4.78, 5) is 26.2. The van der Waals surface area contributed by atoms with Crippen molar-refractivity contribution in [3.63, 3.8) is 0 Å². The number of nitrogens with one attached hydrogen (secondary N) is 2. The van der Waals surface area contributed by atoms with E-state index in [2.05, 4.69) is 10.6 Å². The van der Waals surface area contributed by atoms with Crippen molar-refractivity contribution < 1.29 is 19.6 Å².